The number of carbonyl (C=O) groups is 1. The van der Waals surface area contributed by atoms with Gasteiger partial charge in [0.1, 0.15) is 5.82 Å². The zero-order chi connectivity index (χ0) is 20.8. The number of aromatic nitrogens is 2. The average molecular weight is 412 g/mol. The number of halogens is 1. The van der Waals surface area contributed by atoms with Gasteiger partial charge in [0.2, 0.25) is 0 Å². The van der Waals surface area contributed by atoms with Crippen LogP contribution in [0.1, 0.15) is 56.2 Å². The smallest absolute Gasteiger partial charge is 0.255 e. The third kappa shape index (κ3) is 5.18. The van der Waals surface area contributed by atoms with Gasteiger partial charge in [-0.25, -0.2) is 4.98 Å². The number of fused-ring (bicyclic) bond motifs is 1. The standard InChI is InChI=1S/C24H30ClN3O/c1-4-5-15-28-22-13-9-8-12-21(22)26-23(28)17-27(16-14-18(2)3)24(29)19-10-6-7-11-20(19)25/h6-13,18H,4-5,14-17H2,1-3H3. The van der Waals surface area contributed by atoms with Crippen molar-refractivity contribution < 1.29 is 4.79 Å². The number of imidazole rings is 1. The van der Waals surface area contributed by atoms with E-state index in [0.717, 1.165) is 42.7 Å². The highest BCUT2D eigenvalue weighted by Crippen LogP contribution is 2.22. The number of hydrogen-bond donors (Lipinski definition) is 0. The Balaban J connectivity index is 1.95. The minimum absolute atomic E-state index is 0.0367. The summed E-state index contributed by atoms with van der Waals surface area (Å²) in [5.41, 5.74) is 2.66. The highest BCUT2D eigenvalue weighted by molar-refractivity contribution is 6.33. The molecule has 1 aromatic heterocycles. The number of aryl methyl sites for hydroxylation is 1. The van der Waals surface area contributed by atoms with Gasteiger partial charge in [-0.2, -0.15) is 0 Å². The normalized spacial score (nSPS) is 11.3. The van der Waals surface area contributed by atoms with Crippen molar-refractivity contribution >= 4 is 28.5 Å². The summed E-state index contributed by atoms with van der Waals surface area (Å²) in [5, 5.41) is 0.492. The maximum absolute atomic E-state index is 13.3. The molecule has 0 fully saturated rings. The lowest BCUT2D eigenvalue weighted by Gasteiger charge is -2.24. The highest BCUT2D eigenvalue weighted by atomic mass is 35.5. The Labute approximate surface area is 178 Å². The number of rotatable bonds is 9. The van der Waals surface area contributed by atoms with E-state index < -0.39 is 0 Å². The molecule has 0 saturated heterocycles. The molecule has 0 aliphatic carbocycles. The Morgan fingerprint density at radius 3 is 2.59 bits per heavy atom. The van der Waals surface area contributed by atoms with Crippen molar-refractivity contribution in [1.29, 1.82) is 0 Å². The van der Waals surface area contributed by atoms with Crippen LogP contribution in [0.3, 0.4) is 0 Å². The van der Waals surface area contributed by atoms with Gasteiger partial charge in [-0.1, -0.05) is 63.1 Å². The van der Waals surface area contributed by atoms with E-state index >= 15 is 0 Å². The van der Waals surface area contributed by atoms with Crippen LogP contribution >= 0.6 is 11.6 Å². The molecule has 0 N–H and O–H groups in total. The molecule has 0 radical (unpaired) electrons. The summed E-state index contributed by atoms with van der Waals surface area (Å²) in [7, 11) is 0. The van der Waals surface area contributed by atoms with Crippen LogP contribution in [0.4, 0.5) is 0 Å². The highest BCUT2D eigenvalue weighted by Gasteiger charge is 2.21. The third-order valence-corrected chi connectivity index (χ3v) is 5.50. The van der Waals surface area contributed by atoms with Gasteiger partial charge in [-0.3, -0.25) is 4.79 Å². The van der Waals surface area contributed by atoms with E-state index in [1.807, 2.05) is 35.2 Å². The van der Waals surface area contributed by atoms with E-state index in [1.165, 1.54) is 0 Å². The van der Waals surface area contributed by atoms with Crippen molar-refractivity contribution in [3.05, 3.63) is 64.9 Å². The molecular weight excluding hydrogens is 382 g/mol. The lowest BCUT2D eigenvalue weighted by Crippen LogP contribution is -2.33. The van der Waals surface area contributed by atoms with Crippen molar-refractivity contribution in [2.45, 2.75) is 53.1 Å². The summed E-state index contributed by atoms with van der Waals surface area (Å²) in [6.45, 7) is 8.61. The van der Waals surface area contributed by atoms with E-state index in [0.29, 0.717) is 29.6 Å². The molecule has 0 unspecified atom stereocenters. The number of benzene rings is 2. The number of amides is 1. The summed E-state index contributed by atoms with van der Waals surface area (Å²) in [4.78, 5) is 20.1. The van der Waals surface area contributed by atoms with Crippen LogP contribution in [0.25, 0.3) is 11.0 Å². The lowest BCUT2D eigenvalue weighted by atomic mass is 10.1. The number of unbranched alkanes of at least 4 members (excludes halogenated alkanes) is 1. The van der Waals surface area contributed by atoms with Gasteiger partial charge in [0, 0.05) is 13.1 Å². The van der Waals surface area contributed by atoms with Crippen molar-refractivity contribution in [2.24, 2.45) is 5.92 Å². The summed E-state index contributed by atoms with van der Waals surface area (Å²) < 4.78 is 2.26. The molecule has 0 aliphatic heterocycles. The summed E-state index contributed by atoms with van der Waals surface area (Å²) in [6, 6.07) is 15.5. The van der Waals surface area contributed by atoms with E-state index in [-0.39, 0.29) is 5.91 Å². The fourth-order valence-corrected chi connectivity index (χ4v) is 3.67. The van der Waals surface area contributed by atoms with Crippen LogP contribution in [0.2, 0.25) is 5.02 Å². The summed E-state index contributed by atoms with van der Waals surface area (Å²) in [5.74, 6) is 1.41. The van der Waals surface area contributed by atoms with E-state index in [1.54, 1.807) is 12.1 Å². The molecule has 0 spiro atoms. The van der Waals surface area contributed by atoms with Crippen molar-refractivity contribution in [1.82, 2.24) is 14.5 Å². The van der Waals surface area contributed by atoms with Crippen LogP contribution in [0, 0.1) is 5.92 Å². The Bertz CT molecular complexity index is 964. The molecule has 1 amide bonds. The molecule has 5 heteroatoms. The quantitative estimate of drug-likeness (QED) is 0.421. The van der Waals surface area contributed by atoms with Crippen molar-refractivity contribution in [3.8, 4) is 0 Å². The maximum Gasteiger partial charge on any atom is 0.255 e. The van der Waals surface area contributed by atoms with E-state index in [9.17, 15) is 4.79 Å². The van der Waals surface area contributed by atoms with E-state index in [2.05, 4.69) is 31.4 Å². The Kier molecular flexibility index (Phi) is 7.32. The molecule has 29 heavy (non-hydrogen) atoms. The Morgan fingerprint density at radius 1 is 1.14 bits per heavy atom. The SMILES string of the molecule is CCCCn1c(CN(CCC(C)C)C(=O)c2ccccc2Cl)nc2ccccc21. The molecule has 0 bridgehead atoms. The predicted octanol–water partition coefficient (Wildman–Crippen LogP) is 6.18. The molecule has 4 nitrogen and oxygen atoms in total. The number of hydrogen-bond acceptors (Lipinski definition) is 2. The molecule has 0 atom stereocenters. The first-order valence-corrected chi connectivity index (χ1v) is 10.9. The average Bonchev–Trinajstić information content (AvgIpc) is 3.06. The summed E-state index contributed by atoms with van der Waals surface area (Å²) in [6.07, 6.45) is 3.13. The number of nitrogens with zero attached hydrogens (tertiary/aromatic N) is 3. The van der Waals surface area contributed by atoms with Gasteiger partial charge < -0.3 is 9.47 Å². The first kappa shape index (κ1) is 21.4. The molecule has 2 aromatic carbocycles. The summed E-state index contributed by atoms with van der Waals surface area (Å²) >= 11 is 6.32. The first-order chi connectivity index (χ1) is 14.0. The van der Waals surface area contributed by atoms with Gasteiger partial charge in [-0.05, 0) is 43.0 Å². The second-order valence-electron chi connectivity index (χ2n) is 7.91. The third-order valence-electron chi connectivity index (χ3n) is 5.17. The fraction of sp³-hybridized carbons (Fsp3) is 0.417. The monoisotopic (exact) mass is 411 g/mol. The molecule has 0 saturated carbocycles. The number of para-hydroxylation sites is 2. The van der Waals surface area contributed by atoms with Crippen molar-refractivity contribution in [2.75, 3.05) is 6.54 Å². The van der Waals surface area contributed by atoms with Gasteiger partial charge in [0.15, 0.2) is 0 Å². The minimum Gasteiger partial charge on any atom is -0.331 e. The van der Waals surface area contributed by atoms with E-state index in [4.69, 9.17) is 16.6 Å². The molecular formula is C24H30ClN3O. The van der Waals surface area contributed by atoms with Crippen LogP contribution in [0.5, 0.6) is 0 Å². The van der Waals surface area contributed by atoms with Gasteiger partial charge in [-0.15, -0.1) is 0 Å². The minimum atomic E-state index is -0.0367. The predicted molar refractivity (Wildman–Crippen MR) is 120 cm³/mol. The largest absolute Gasteiger partial charge is 0.331 e. The first-order valence-electron chi connectivity index (χ1n) is 10.5. The second kappa shape index (κ2) is 9.93. The van der Waals surface area contributed by atoms with Crippen LogP contribution in [-0.2, 0) is 13.1 Å². The van der Waals surface area contributed by atoms with Crippen LogP contribution < -0.4 is 0 Å². The topological polar surface area (TPSA) is 38.1 Å². The Morgan fingerprint density at radius 2 is 1.86 bits per heavy atom. The maximum atomic E-state index is 13.3. The molecule has 3 rings (SSSR count). The number of carbonyl (C=O) groups excluding carboxylic acids is 1. The fourth-order valence-electron chi connectivity index (χ4n) is 3.45. The van der Waals surface area contributed by atoms with Crippen LogP contribution in [-0.4, -0.2) is 26.9 Å². The lowest BCUT2D eigenvalue weighted by molar-refractivity contribution is 0.0729. The second-order valence-corrected chi connectivity index (χ2v) is 8.32. The zero-order valence-corrected chi connectivity index (χ0v) is 18.3. The molecule has 3 aromatic rings. The molecule has 154 valence electrons. The molecule has 1 heterocycles. The van der Waals surface area contributed by atoms with Gasteiger partial charge >= 0.3 is 0 Å². The van der Waals surface area contributed by atoms with Crippen LogP contribution in [0.15, 0.2) is 48.5 Å². The van der Waals surface area contributed by atoms with Gasteiger partial charge in [0.05, 0.1) is 28.2 Å². The van der Waals surface area contributed by atoms with Crippen molar-refractivity contribution in [3.63, 3.8) is 0 Å². The zero-order valence-electron chi connectivity index (χ0n) is 17.6. The Hall–Kier alpha value is -2.33. The van der Waals surface area contributed by atoms with Gasteiger partial charge in [0.25, 0.3) is 5.91 Å². The molecule has 0 aliphatic rings.